The fraction of sp³-hybridized carbons (Fsp3) is 0.533. The average Bonchev–Trinajstić information content (AvgIpc) is 2.48. The Labute approximate surface area is 125 Å². The van der Waals surface area contributed by atoms with E-state index in [4.69, 9.17) is 19.3 Å². The summed E-state index contributed by atoms with van der Waals surface area (Å²) < 4.78 is 16.6. The van der Waals surface area contributed by atoms with Crippen molar-refractivity contribution in [3.8, 4) is 17.2 Å². The molecule has 0 saturated carbocycles. The number of carbonyl (C=O) groups excluding carboxylic acids is 1. The molecule has 6 nitrogen and oxygen atoms in total. The van der Waals surface area contributed by atoms with E-state index in [1.165, 1.54) is 0 Å². The van der Waals surface area contributed by atoms with Gasteiger partial charge in [0.2, 0.25) is 5.75 Å². The monoisotopic (exact) mass is 297 g/mol. The highest BCUT2D eigenvalue weighted by atomic mass is 16.5. The van der Waals surface area contributed by atoms with Crippen molar-refractivity contribution in [3.05, 3.63) is 17.7 Å². The Kier molecular flexibility index (Phi) is 7.39. The van der Waals surface area contributed by atoms with Crippen LogP contribution in [0.1, 0.15) is 31.1 Å². The van der Waals surface area contributed by atoms with Crippen molar-refractivity contribution in [2.45, 2.75) is 20.8 Å². The molecule has 6 heteroatoms. The lowest BCUT2D eigenvalue weighted by Gasteiger charge is -2.17. The molecule has 0 radical (unpaired) electrons. The maximum absolute atomic E-state index is 12.0. The van der Waals surface area contributed by atoms with Crippen LogP contribution in [0.15, 0.2) is 12.1 Å². The third-order valence-electron chi connectivity index (χ3n) is 2.57. The van der Waals surface area contributed by atoms with Gasteiger partial charge in [0.25, 0.3) is 5.91 Å². The van der Waals surface area contributed by atoms with E-state index in [1.807, 2.05) is 20.8 Å². The highest BCUT2D eigenvalue weighted by Crippen LogP contribution is 2.39. The van der Waals surface area contributed by atoms with Crippen molar-refractivity contribution in [1.29, 1.82) is 0 Å². The normalized spacial score (nSPS) is 10.1. The van der Waals surface area contributed by atoms with Gasteiger partial charge < -0.3 is 24.6 Å². The van der Waals surface area contributed by atoms with Gasteiger partial charge in [0.1, 0.15) is 0 Å². The second-order valence-electron chi connectivity index (χ2n) is 4.08. The lowest BCUT2D eigenvalue weighted by atomic mass is 10.1. The molecule has 0 aliphatic carbocycles. The second-order valence-corrected chi connectivity index (χ2v) is 4.08. The predicted molar refractivity (Wildman–Crippen MR) is 79.4 cm³/mol. The molecule has 21 heavy (non-hydrogen) atoms. The molecular formula is C15H23NO5. The minimum absolute atomic E-state index is 0.112. The number of benzene rings is 1. The van der Waals surface area contributed by atoms with E-state index in [9.17, 15) is 4.79 Å². The summed E-state index contributed by atoms with van der Waals surface area (Å²) in [5.41, 5.74) is 0.402. The Bertz CT molecular complexity index is 434. The molecule has 1 aromatic rings. The smallest absolute Gasteiger partial charge is 0.251 e. The van der Waals surface area contributed by atoms with Crippen LogP contribution in [0.5, 0.6) is 17.2 Å². The molecule has 0 fully saturated rings. The largest absolute Gasteiger partial charge is 0.490 e. The first-order valence-electron chi connectivity index (χ1n) is 7.13. The molecule has 2 N–H and O–H groups in total. The highest BCUT2D eigenvalue weighted by molar-refractivity contribution is 5.95. The van der Waals surface area contributed by atoms with Crippen LogP contribution < -0.4 is 19.5 Å². The summed E-state index contributed by atoms with van der Waals surface area (Å²) in [5, 5.41) is 11.4. The quantitative estimate of drug-likeness (QED) is 0.724. The Balaban J connectivity index is 3.18. The van der Waals surface area contributed by atoms with E-state index in [0.29, 0.717) is 42.6 Å². The average molecular weight is 297 g/mol. The first-order chi connectivity index (χ1) is 10.2. The predicted octanol–water partition coefficient (Wildman–Crippen LogP) is 1.60. The van der Waals surface area contributed by atoms with Gasteiger partial charge in [-0.25, -0.2) is 0 Å². The third kappa shape index (κ3) is 4.82. The molecule has 0 spiro atoms. The standard InChI is InChI=1S/C15H23NO5/c1-4-19-12-9-11(15(18)16-7-8-17)10-13(20-5-2)14(12)21-6-3/h9-10,17H,4-8H2,1-3H3,(H,16,18). The number of hydrogen-bond donors (Lipinski definition) is 2. The van der Waals surface area contributed by atoms with E-state index >= 15 is 0 Å². The van der Waals surface area contributed by atoms with Crippen molar-refractivity contribution in [2.24, 2.45) is 0 Å². The van der Waals surface area contributed by atoms with Crippen molar-refractivity contribution in [2.75, 3.05) is 33.0 Å². The molecule has 1 rings (SSSR count). The SMILES string of the molecule is CCOc1cc(C(=O)NCCO)cc(OCC)c1OCC. The minimum Gasteiger partial charge on any atom is -0.490 e. The Hall–Kier alpha value is -1.95. The molecular weight excluding hydrogens is 274 g/mol. The molecule has 0 aliphatic heterocycles. The van der Waals surface area contributed by atoms with Crippen molar-refractivity contribution < 1.29 is 24.1 Å². The summed E-state index contributed by atoms with van der Waals surface area (Å²) in [4.78, 5) is 12.0. The van der Waals surface area contributed by atoms with Crippen LogP contribution in [0.25, 0.3) is 0 Å². The molecule has 0 heterocycles. The first kappa shape index (κ1) is 17.1. The number of rotatable bonds is 9. The summed E-state index contributed by atoms with van der Waals surface area (Å²) in [5.74, 6) is 1.15. The highest BCUT2D eigenvalue weighted by Gasteiger charge is 2.18. The van der Waals surface area contributed by atoms with Crippen molar-refractivity contribution in [3.63, 3.8) is 0 Å². The number of hydrogen-bond acceptors (Lipinski definition) is 5. The zero-order valence-electron chi connectivity index (χ0n) is 12.8. The van der Waals surface area contributed by atoms with Crippen LogP contribution in [-0.4, -0.2) is 44.0 Å². The van der Waals surface area contributed by atoms with Gasteiger partial charge >= 0.3 is 0 Å². The number of aliphatic hydroxyl groups excluding tert-OH is 1. The second kappa shape index (κ2) is 9.07. The third-order valence-corrected chi connectivity index (χ3v) is 2.57. The fourth-order valence-electron chi connectivity index (χ4n) is 1.79. The van der Waals surface area contributed by atoms with Gasteiger partial charge in [-0.05, 0) is 32.9 Å². The van der Waals surface area contributed by atoms with Gasteiger partial charge in [0, 0.05) is 12.1 Å². The fourth-order valence-corrected chi connectivity index (χ4v) is 1.79. The summed E-state index contributed by atoms with van der Waals surface area (Å²) in [6, 6.07) is 3.23. The zero-order chi connectivity index (χ0) is 15.7. The number of ether oxygens (including phenoxy) is 3. The number of carbonyl (C=O) groups is 1. The van der Waals surface area contributed by atoms with Gasteiger partial charge in [-0.15, -0.1) is 0 Å². The van der Waals surface area contributed by atoms with Crippen LogP contribution >= 0.6 is 0 Å². The van der Waals surface area contributed by atoms with Crippen LogP contribution in [0.4, 0.5) is 0 Å². The Morgan fingerprint density at radius 3 is 2.00 bits per heavy atom. The van der Waals surface area contributed by atoms with E-state index in [2.05, 4.69) is 5.32 Å². The molecule has 0 unspecified atom stereocenters. The number of amides is 1. The van der Waals surface area contributed by atoms with Crippen molar-refractivity contribution >= 4 is 5.91 Å². The summed E-state index contributed by atoms with van der Waals surface area (Å²) in [7, 11) is 0. The van der Waals surface area contributed by atoms with E-state index < -0.39 is 0 Å². The molecule has 0 bridgehead atoms. The molecule has 0 aliphatic rings. The molecule has 0 aromatic heterocycles. The molecule has 0 atom stereocenters. The van der Waals surface area contributed by atoms with Crippen molar-refractivity contribution in [1.82, 2.24) is 5.32 Å². The summed E-state index contributed by atoms with van der Waals surface area (Å²) in [6.07, 6.45) is 0. The van der Waals surface area contributed by atoms with Gasteiger partial charge in [0.05, 0.1) is 26.4 Å². The van der Waals surface area contributed by atoms with Gasteiger partial charge in [-0.1, -0.05) is 0 Å². The zero-order valence-corrected chi connectivity index (χ0v) is 12.8. The summed E-state index contributed by atoms with van der Waals surface area (Å²) >= 11 is 0. The van der Waals surface area contributed by atoms with Gasteiger partial charge in [-0.3, -0.25) is 4.79 Å². The van der Waals surface area contributed by atoms with Crippen LogP contribution in [0.3, 0.4) is 0 Å². The lowest BCUT2D eigenvalue weighted by Crippen LogP contribution is -2.26. The van der Waals surface area contributed by atoms with Gasteiger partial charge in [-0.2, -0.15) is 0 Å². The molecule has 0 saturated heterocycles. The summed E-state index contributed by atoms with van der Waals surface area (Å²) in [6.45, 7) is 7.03. The molecule has 1 amide bonds. The lowest BCUT2D eigenvalue weighted by molar-refractivity contribution is 0.0943. The van der Waals surface area contributed by atoms with Crippen LogP contribution in [0.2, 0.25) is 0 Å². The number of aliphatic hydroxyl groups is 1. The first-order valence-corrected chi connectivity index (χ1v) is 7.13. The van der Waals surface area contributed by atoms with Crippen LogP contribution in [0, 0.1) is 0 Å². The minimum atomic E-state index is -0.297. The van der Waals surface area contributed by atoms with E-state index in [0.717, 1.165) is 0 Å². The number of nitrogens with one attached hydrogen (secondary N) is 1. The Morgan fingerprint density at radius 1 is 1.05 bits per heavy atom. The topological polar surface area (TPSA) is 77.0 Å². The maximum Gasteiger partial charge on any atom is 0.251 e. The molecule has 118 valence electrons. The van der Waals surface area contributed by atoms with E-state index in [-0.39, 0.29) is 19.1 Å². The molecule has 1 aromatic carbocycles. The maximum atomic E-state index is 12.0. The van der Waals surface area contributed by atoms with Crippen LogP contribution in [-0.2, 0) is 0 Å². The Morgan fingerprint density at radius 2 is 1.57 bits per heavy atom. The van der Waals surface area contributed by atoms with E-state index in [1.54, 1.807) is 12.1 Å². The van der Waals surface area contributed by atoms with Gasteiger partial charge in [0.15, 0.2) is 11.5 Å².